The highest BCUT2D eigenvalue weighted by Gasteiger charge is 2.35. The fourth-order valence-corrected chi connectivity index (χ4v) is 3.56. The third-order valence-corrected chi connectivity index (χ3v) is 5.29. The Labute approximate surface area is 158 Å². The van der Waals surface area contributed by atoms with E-state index >= 15 is 0 Å². The molecular weight excluding hydrogens is 378 g/mol. The van der Waals surface area contributed by atoms with Gasteiger partial charge in [0.05, 0.1) is 4.91 Å². The fourth-order valence-electron chi connectivity index (χ4n) is 2.70. The summed E-state index contributed by atoms with van der Waals surface area (Å²) >= 11 is 0.807. The zero-order valence-corrected chi connectivity index (χ0v) is 15.1. The van der Waals surface area contributed by atoms with Gasteiger partial charge in [0.1, 0.15) is 5.75 Å². The van der Waals surface area contributed by atoms with Crippen LogP contribution in [0.2, 0.25) is 0 Å². The number of hydrogen-bond donors (Lipinski definition) is 1. The van der Waals surface area contributed by atoms with E-state index in [4.69, 9.17) is 0 Å². The summed E-state index contributed by atoms with van der Waals surface area (Å²) in [7, 11) is 0. The summed E-state index contributed by atoms with van der Waals surface area (Å²) in [6.45, 7) is -2.57. The van der Waals surface area contributed by atoms with E-state index in [2.05, 4.69) is 10.1 Å². The Kier molecular flexibility index (Phi) is 6.10. The number of benzene rings is 1. The predicted molar refractivity (Wildman–Crippen MR) is 96.1 cm³/mol. The molecule has 1 saturated carbocycles. The Morgan fingerprint density at radius 1 is 1.30 bits per heavy atom. The van der Waals surface area contributed by atoms with E-state index in [1.807, 2.05) is 0 Å². The Bertz CT molecular complexity index is 763. The van der Waals surface area contributed by atoms with Crippen LogP contribution in [0.4, 0.5) is 13.6 Å². The number of thioether (sulfide) groups is 1. The molecule has 1 aliphatic heterocycles. The lowest BCUT2D eigenvalue weighted by atomic mass is 9.85. The monoisotopic (exact) mass is 396 g/mol. The Balaban J connectivity index is 1.56. The van der Waals surface area contributed by atoms with Crippen LogP contribution in [0, 0.1) is 5.92 Å². The highest BCUT2D eigenvalue weighted by molar-refractivity contribution is 8.18. The van der Waals surface area contributed by atoms with Crippen molar-refractivity contribution in [3.8, 4) is 5.75 Å². The van der Waals surface area contributed by atoms with Crippen LogP contribution in [0.3, 0.4) is 0 Å². The van der Waals surface area contributed by atoms with E-state index in [0.29, 0.717) is 5.56 Å². The summed E-state index contributed by atoms with van der Waals surface area (Å²) in [5.74, 6) is -0.403. The number of nitrogens with one attached hydrogen (secondary N) is 1. The maximum Gasteiger partial charge on any atom is 0.387 e. The molecular formula is C18H18F2N2O4S. The van der Waals surface area contributed by atoms with Gasteiger partial charge < -0.3 is 10.1 Å². The van der Waals surface area contributed by atoms with Gasteiger partial charge in [-0.2, -0.15) is 8.78 Å². The fraction of sp³-hybridized carbons (Fsp3) is 0.389. The molecule has 0 atom stereocenters. The molecule has 1 saturated heterocycles. The van der Waals surface area contributed by atoms with E-state index in [0.717, 1.165) is 35.9 Å². The van der Waals surface area contributed by atoms with Crippen molar-refractivity contribution >= 4 is 34.9 Å². The first-order valence-electron chi connectivity index (χ1n) is 8.52. The van der Waals surface area contributed by atoms with Gasteiger partial charge in [-0.1, -0.05) is 18.6 Å². The summed E-state index contributed by atoms with van der Waals surface area (Å²) < 4.78 is 28.6. The van der Waals surface area contributed by atoms with Gasteiger partial charge in [0.25, 0.3) is 11.1 Å². The Morgan fingerprint density at radius 2 is 2.00 bits per heavy atom. The lowest BCUT2D eigenvalue weighted by Crippen LogP contribution is -2.40. The van der Waals surface area contributed by atoms with Crippen LogP contribution in [0.5, 0.6) is 5.75 Å². The second-order valence-corrected chi connectivity index (χ2v) is 7.19. The number of rotatable bonds is 7. The standard InChI is InChI=1S/C18H18F2N2O4S/c19-17(20)26-13-6-4-11(5-7-13)10-14-16(24)22(18(25)27-14)9-8-21-15(23)12-2-1-3-12/h4-7,10,12,17H,1-3,8-9H2,(H,21,23). The summed E-state index contributed by atoms with van der Waals surface area (Å²) in [6, 6.07) is 5.76. The molecule has 1 N–H and O–H groups in total. The first kappa shape index (κ1) is 19.3. The molecule has 3 rings (SSSR count). The van der Waals surface area contributed by atoms with Crippen molar-refractivity contribution < 1.29 is 27.9 Å². The van der Waals surface area contributed by atoms with Crippen LogP contribution in [-0.4, -0.2) is 41.7 Å². The van der Waals surface area contributed by atoms with Crippen molar-refractivity contribution in [3.63, 3.8) is 0 Å². The maximum absolute atomic E-state index is 12.4. The summed E-state index contributed by atoms with van der Waals surface area (Å²) in [5, 5.41) is 2.35. The minimum absolute atomic E-state index is 0.0115. The van der Waals surface area contributed by atoms with Gasteiger partial charge in [-0.25, -0.2) is 0 Å². The van der Waals surface area contributed by atoms with Crippen LogP contribution < -0.4 is 10.1 Å². The first-order chi connectivity index (χ1) is 12.9. The van der Waals surface area contributed by atoms with Crippen LogP contribution in [0.25, 0.3) is 6.08 Å². The van der Waals surface area contributed by atoms with E-state index < -0.39 is 17.8 Å². The SMILES string of the molecule is O=C(NCCN1C(=O)SC(=Cc2ccc(OC(F)F)cc2)C1=O)C1CCC1. The van der Waals surface area contributed by atoms with Gasteiger partial charge in [0.2, 0.25) is 5.91 Å². The van der Waals surface area contributed by atoms with Crippen LogP contribution in [-0.2, 0) is 9.59 Å². The maximum atomic E-state index is 12.4. The zero-order valence-electron chi connectivity index (χ0n) is 14.3. The molecule has 0 unspecified atom stereocenters. The van der Waals surface area contributed by atoms with E-state index in [1.165, 1.54) is 30.3 Å². The average Bonchev–Trinajstić information content (AvgIpc) is 2.82. The average molecular weight is 396 g/mol. The van der Waals surface area contributed by atoms with Gasteiger partial charge in [-0.15, -0.1) is 0 Å². The normalized spacial score (nSPS) is 18.9. The molecule has 9 heteroatoms. The van der Waals surface area contributed by atoms with Gasteiger partial charge in [0.15, 0.2) is 0 Å². The van der Waals surface area contributed by atoms with Gasteiger partial charge >= 0.3 is 6.61 Å². The van der Waals surface area contributed by atoms with Crippen molar-refractivity contribution in [2.24, 2.45) is 5.92 Å². The van der Waals surface area contributed by atoms with Crippen molar-refractivity contribution in [1.29, 1.82) is 0 Å². The third-order valence-electron chi connectivity index (χ3n) is 4.39. The first-order valence-corrected chi connectivity index (χ1v) is 9.33. The highest BCUT2D eigenvalue weighted by atomic mass is 32.2. The van der Waals surface area contributed by atoms with Crippen LogP contribution >= 0.6 is 11.8 Å². The van der Waals surface area contributed by atoms with Crippen molar-refractivity contribution in [1.82, 2.24) is 10.2 Å². The third kappa shape index (κ3) is 4.85. The molecule has 27 heavy (non-hydrogen) atoms. The number of alkyl halides is 2. The molecule has 2 fully saturated rings. The van der Waals surface area contributed by atoms with E-state index in [1.54, 1.807) is 0 Å². The molecule has 1 heterocycles. The number of halogens is 2. The minimum atomic E-state index is -2.91. The van der Waals surface area contributed by atoms with Crippen molar-refractivity contribution in [2.75, 3.05) is 13.1 Å². The van der Waals surface area contributed by atoms with Gasteiger partial charge in [-0.05, 0) is 48.4 Å². The number of amides is 3. The topological polar surface area (TPSA) is 75.7 Å². The molecule has 2 aliphatic rings. The van der Waals surface area contributed by atoms with E-state index in [-0.39, 0.29) is 35.6 Å². The zero-order chi connectivity index (χ0) is 19.4. The van der Waals surface area contributed by atoms with Crippen LogP contribution in [0.15, 0.2) is 29.2 Å². The Morgan fingerprint density at radius 3 is 2.59 bits per heavy atom. The lowest BCUT2D eigenvalue weighted by molar-refractivity contribution is -0.128. The molecule has 6 nitrogen and oxygen atoms in total. The number of carbonyl (C=O) groups excluding carboxylic acids is 3. The molecule has 1 aliphatic carbocycles. The molecule has 3 amide bonds. The van der Waals surface area contributed by atoms with Gasteiger partial charge in [0, 0.05) is 19.0 Å². The predicted octanol–water partition coefficient (Wildman–Crippen LogP) is 3.24. The number of carbonyl (C=O) groups is 3. The van der Waals surface area contributed by atoms with Crippen molar-refractivity contribution in [2.45, 2.75) is 25.9 Å². The molecule has 144 valence electrons. The molecule has 0 spiro atoms. The van der Waals surface area contributed by atoms with E-state index in [9.17, 15) is 23.2 Å². The molecule has 1 aromatic rings. The largest absolute Gasteiger partial charge is 0.435 e. The lowest BCUT2D eigenvalue weighted by Gasteiger charge is -2.24. The quantitative estimate of drug-likeness (QED) is 0.716. The second-order valence-electron chi connectivity index (χ2n) is 6.20. The summed E-state index contributed by atoms with van der Waals surface area (Å²) in [5.41, 5.74) is 0.584. The second kappa shape index (κ2) is 8.51. The smallest absolute Gasteiger partial charge is 0.387 e. The molecule has 0 radical (unpaired) electrons. The number of imide groups is 1. The number of nitrogens with zero attached hydrogens (tertiary/aromatic N) is 1. The minimum Gasteiger partial charge on any atom is -0.435 e. The highest BCUT2D eigenvalue weighted by Crippen LogP contribution is 2.32. The summed E-state index contributed by atoms with van der Waals surface area (Å²) in [6.07, 6.45) is 4.35. The summed E-state index contributed by atoms with van der Waals surface area (Å²) in [4.78, 5) is 37.6. The molecule has 0 aromatic heterocycles. The van der Waals surface area contributed by atoms with Gasteiger partial charge in [-0.3, -0.25) is 19.3 Å². The molecule has 0 bridgehead atoms. The van der Waals surface area contributed by atoms with Crippen LogP contribution in [0.1, 0.15) is 24.8 Å². The molecule has 1 aromatic carbocycles. The van der Waals surface area contributed by atoms with Crippen molar-refractivity contribution in [3.05, 3.63) is 34.7 Å². The Hall–Kier alpha value is -2.42. The number of ether oxygens (including phenoxy) is 1. The number of hydrogen-bond acceptors (Lipinski definition) is 5.